The van der Waals surface area contributed by atoms with Gasteiger partial charge in [0, 0.05) is 24.7 Å². The highest BCUT2D eigenvalue weighted by molar-refractivity contribution is 7.20. The van der Waals surface area contributed by atoms with Crippen molar-refractivity contribution in [2.75, 3.05) is 0 Å². The van der Waals surface area contributed by atoms with Crippen LogP contribution >= 0.6 is 11.3 Å². The van der Waals surface area contributed by atoms with Gasteiger partial charge in [0.05, 0.1) is 11.4 Å². The first-order chi connectivity index (χ1) is 12.4. The van der Waals surface area contributed by atoms with Crippen molar-refractivity contribution in [1.29, 1.82) is 0 Å². The predicted molar refractivity (Wildman–Crippen MR) is 98.6 cm³/mol. The first-order valence-corrected chi connectivity index (χ1v) is 8.83. The highest BCUT2D eigenvalue weighted by Crippen LogP contribution is 2.28. The Morgan fingerprint density at radius 3 is 2.85 bits per heavy atom. The van der Waals surface area contributed by atoms with Crippen LogP contribution in [0.3, 0.4) is 0 Å². The smallest absolute Gasteiger partial charge is 0.348 e. The molecule has 0 radical (unpaired) electrons. The second-order valence-electron chi connectivity index (χ2n) is 6.13. The molecule has 0 aliphatic carbocycles. The number of esters is 1. The molecule has 0 aromatic carbocycles. The van der Waals surface area contributed by atoms with Gasteiger partial charge in [-0.1, -0.05) is 0 Å². The Morgan fingerprint density at radius 1 is 1.27 bits per heavy atom. The van der Waals surface area contributed by atoms with Gasteiger partial charge in [0.15, 0.2) is 0 Å². The van der Waals surface area contributed by atoms with E-state index in [4.69, 9.17) is 4.74 Å². The fourth-order valence-electron chi connectivity index (χ4n) is 2.84. The largest absolute Gasteiger partial charge is 0.455 e. The number of fused-ring (bicyclic) bond motifs is 2. The van der Waals surface area contributed by atoms with Crippen LogP contribution in [0.25, 0.3) is 15.9 Å². The number of aryl methyl sites for hydroxylation is 3. The maximum absolute atomic E-state index is 12.4. The minimum absolute atomic E-state index is 0.0516. The van der Waals surface area contributed by atoms with Gasteiger partial charge in [0.2, 0.25) is 0 Å². The molecule has 0 aliphatic rings. The lowest BCUT2D eigenvalue weighted by Gasteiger charge is -2.05. The van der Waals surface area contributed by atoms with Crippen LogP contribution in [-0.2, 0) is 18.4 Å². The molecule has 0 atom stereocenters. The number of pyridine rings is 1. The standard InChI is InChI=1S/C18H16N4O3S/c1-10-4-5-22-15(6-10)19-12(7-16(22)23)9-25-18(24)14-8-13-11(2)20-21(3)17(13)26-14/h4-8H,9H2,1-3H3. The van der Waals surface area contributed by atoms with E-state index in [0.29, 0.717) is 16.2 Å². The lowest BCUT2D eigenvalue weighted by molar-refractivity contribution is 0.0473. The van der Waals surface area contributed by atoms with E-state index in [2.05, 4.69) is 10.1 Å². The highest BCUT2D eigenvalue weighted by atomic mass is 32.1. The second kappa shape index (κ2) is 6.06. The van der Waals surface area contributed by atoms with Gasteiger partial charge in [-0.15, -0.1) is 11.3 Å². The minimum Gasteiger partial charge on any atom is -0.455 e. The average Bonchev–Trinajstić information content (AvgIpc) is 3.14. The van der Waals surface area contributed by atoms with Crippen molar-refractivity contribution in [2.24, 2.45) is 7.05 Å². The molecule has 0 amide bonds. The summed E-state index contributed by atoms with van der Waals surface area (Å²) in [5.74, 6) is -0.433. The molecule has 4 aromatic rings. The van der Waals surface area contributed by atoms with Crippen molar-refractivity contribution in [1.82, 2.24) is 19.2 Å². The van der Waals surface area contributed by atoms with Crippen LogP contribution in [0.5, 0.6) is 0 Å². The lowest BCUT2D eigenvalue weighted by atomic mass is 10.3. The van der Waals surface area contributed by atoms with Crippen LogP contribution in [0.4, 0.5) is 0 Å². The first kappa shape index (κ1) is 16.5. The van der Waals surface area contributed by atoms with E-state index in [-0.39, 0.29) is 12.2 Å². The summed E-state index contributed by atoms with van der Waals surface area (Å²) >= 11 is 1.34. The van der Waals surface area contributed by atoms with Gasteiger partial charge in [0.25, 0.3) is 5.56 Å². The van der Waals surface area contributed by atoms with E-state index < -0.39 is 5.97 Å². The molecule has 0 saturated heterocycles. The van der Waals surface area contributed by atoms with E-state index >= 15 is 0 Å². The predicted octanol–water partition coefficient (Wildman–Crippen LogP) is 2.62. The van der Waals surface area contributed by atoms with Crippen LogP contribution in [0.15, 0.2) is 35.3 Å². The molecule has 0 unspecified atom stereocenters. The van der Waals surface area contributed by atoms with Crippen molar-refractivity contribution < 1.29 is 9.53 Å². The molecule has 0 bridgehead atoms. The maximum Gasteiger partial charge on any atom is 0.348 e. The average molecular weight is 368 g/mol. The molecular formula is C18H16N4O3S. The van der Waals surface area contributed by atoms with Gasteiger partial charge in [-0.25, -0.2) is 9.78 Å². The van der Waals surface area contributed by atoms with Crippen LogP contribution < -0.4 is 5.56 Å². The zero-order valence-corrected chi connectivity index (χ0v) is 15.3. The first-order valence-electron chi connectivity index (χ1n) is 8.01. The van der Waals surface area contributed by atoms with Crippen molar-refractivity contribution >= 4 is 33.2 Å². The summed E-state index contributed by atoms with van der Waals surface area (Å²) in [6, 6.07) is 6.83. The zero-order valence-electron chi connectivity index (χ0n) is 14.5. The van der Waals surface area contributed by atoms with Gasteiger partial charge < -0.3 is 4.74 Å². The molecule has 0 aliphatic heterocycles. The zero-order chi connectivity index (χ0) is 18.4. The molecule has 0 N–H and O–H groups in total. The van der Waals surface area contributed by atoms with E-state index in [1.54, 1.807) is 16.9 Å². The Hall–Kier alpha value is -3.00. The normalized spacial score (nSPS) is 11.3. The Labute approximate surface area is 152 Å². The van der Waals surface area contributed by atoms with Crippen molar-refractivity contribution in [3.05, 3.63) is 62.6 Å². The molecule has 26 heavy (non-hydrogen) atoms. The molecule has 8 heteroatoms. The van der Waals surface area contributed by atoms with Gasteiger partial charge in [-0.2, -0.15) is 5.10 Å². The molecule has 0 saturated carbocycles. The number of carbonyl (C=O) groups is 1. The molecule has 4 rings (SSSR count). The molecule has 7 nitrogen and oxygen atoms in total. The van der Waals surface area contributed by atoms with Crippen molar-refractivity contribution in [3.63, 3.8) is 0 Å². The fraction of sp³-hybridized carbons (Fsp3) is 0.222. The number of hydrogen-bond acceptors (Lipinski definition) is 6. The van der Waals surface area contributed by atoms with Gasteiger partial charge >= 0.3 is 5.97 Å². The maximum atomic E-state index is 12.4. The van der Waals surface area contributed by atoms with Crippen LogP contribution in [0, 0.1) is 13.8 Å². The lowest BCUT2D eigenvalue weighted by Crippen LogP contribution is -2.16. The number of nitrogens with zero attached hydrogens (tertiary/aromatic N) is 4. The number of ether oxygens (including phenoxy) is 1. The van der Waals surface area contributed by atoms with Crippen molar-refractivity contribution in [3.8, 4) is 0 Å². The number of thiophene rings is 1. The topological polar surface area (TPSA) is 78.5 Å². The molecule has 0 spiro atoms. The number of hydrogen-bond donors (Lipinski definition) is 0. The number of carbonyl (C=O) groups excluding carboxylic acids is 1. The third-order valence-electron chi connectivity index (χ3n) is 4.12. The Morgan fingerprint density at radius 2 is 2.08 bits per heavy atom. The van der Waals surface area contributed by atoms with Crippen LogP contribution in [0.2, 0.25) is 0 Å². The summed E-state index contributed by atoms with van der Waals surface area (Å²) in [6.07, 6.45) is 1.68. The number of rotatable bonds is 3. The van der Waals surface area contributed by atoms with E-state index in [0.717, 1.165) is 21.5 Å². The molecule has 132 valence electrons. The van der Waals surface area contributed by atoms with Crippen LogP contribution in [0.1, 0.15) is 26.6 Å². The third kappa shape index (κ3) is 2.78. The van der Waals surface area contributed by atoms with Crippen molar-refractivity contribution in [2.45, 2.75) is 20.5 Å². The molecule has 0 fully saturated rings. The second-order valence-corrected chi connectivity index (χ2v) is 7.16. The Balaban J connectivity index is 1.57. The number of aromatic nitrogens is 4. The summed E-state index contributed by atoms with van der Waals surface area (Å²) in [7, 11) is 1.84. The summed E-state index contributed by atoms with van der Waals surface area (Å²) in [5.41, 5.74) is 2.63. The SMILES string of the molecule is Cc1ccn2c(=O)cc(COC(=O)c3cc4c(C)nn(C)c4s3)nc2c1. The molecule has 4 aromatic heterocycles. The summed E-state index contributed by atoms with van der Waals surface area (Å²) in [4.78, 5) is 30.3. The monoisotopic (exact) mass is 368 g/mol. The van der Waals surface area contributed by atoms with Crippen LogP contribution in [-0.4, -0.2) is 25.1 Å². The van der Waals surface area contributed by atoms with Gasteiger partial charge in [-0.3, -0.25) is 13.9 Å². The highest BCUT2D eigenvalue weighted by Gasteiger charge is 2.16. The summed E-state index contributed by atoms with van der Waals surface area (Å²) < 4.78 is 8.57. The minimum atomic E-state index is -0.433. The quantitative estimate of drug-likeness (QED) is 0.520. The van der Waals surface area contributed by atoms with Gasteiger partial charge in [-0.05, 0) is 37.6 Å². The fourth-order valence-corrected chi connectivity index (χ4v) is 3.86. The summed E-state index contributed by atoms with van der Waals surface area (Å²) in [5, 5.41) is 5.26. The van der Waals surface area contributed by atoms with E-state index in [9.17, 15) is 9.59 Å². The summed E-state index contributed by atoms with van der Waals surface area (Å²) in [6.45, 7) is 3.78. The molecular weight excluding hydrogens is 352 g/mol. The Bertz CT molecular complexity index is 1180. The van der Waals surface area contributed by atoms with E-state index in [1.807, 2.05) is 33.0 Å². The Kier molecular flexibility index (Phi) is 3.84. The molecule has 4 heterocycles. The third-order valence-corrected chi connectivity index (χ3v) is 5.31. The van der Waals surface area contributed by atoms with E-state index in [1.165, 1.54) is 21.8 Å². The van der Waals surface area contributed by atoms with Gasteiger partial charge in [0.1, 0.15) is 22.0 Å².